The van der Waals surface area contributed by atoms with Crippen LogP contribution in [0.4, 0.5) is 0 Å². The average Bonchev–Trinajstić information content (AvgIpc) is 3.58. The molecule has 5 aromatic rings. The van der Waals surface area contributed by atoms with Gasteiger partial charge in [-0.1, -0.05) is 70.2 Å². The van der Waals surface area contributed by atoms with Crippen LogP contribution in [0.2, 0.25) is 0 Å². The molecule has 0 spiro atoms. The van der Waals surface area contributed by atoms with Crippen LogP contribution < -0.4 is 4.57 Å². The monoisotopic (exact) mass is 489 g/mol. The van der Waals surface area contributed by atoms with E-state index in [9.17, 15) is 2.74 Å². The van der Waals surface area contributed by atoms with Gasteiger partial charge in [-0.05, 0) is 53.1 Å². The molecule has 3 aromatic carbocycles. The fraction of sp³-hybridized carbons (Fsp3) is 0.273. The summed E-state index contributed by atoms with van der Waals surface area (Å²) in [5.41, 5.74) is 9.55. The second kappa shape index (κ2) is 8.88. The van der Waals surface area contributed by atoms with Crippen LogP contribution in [-0.4, -0.2) is 14.1 Å². The number of benzene rings is 3. The van der Waals surface area contributed by atoms with Crippen LogP contribution in [0.15, 0.2) is 79.4 Å². The lowest BCUT2D eigenvalue weighted by atomic mass is 9.88. The maximum atomic E-state index is 9.25. The van der Waals surface area contributed by atoms with Gasteiger partial charge in [0.05, 0.1) is 18.3 Å². The molecule has 186 valence electrons. The fourth-order valence-corrected chi connectivity index (χ4v) is 5.68. The third kappa shape index (κ3) is 3.74. The molecular formula is C33H35N4+. The molecule has 4 heteroatoms. The van der Waals surface area contributed by atoms with Gasteiger partial charge >= 0.3 is 0 Å². The summed E-state index contributed by atoms with van der Waals surface area (Å²) >= 11 is 0. The Balaban J connectivity index is 1.70. The van der Waals surface area contributed by atoms with Crippen molar-refractivity contribution in [3.05, 3.63) is 107 Å². The second-order valence-electron chi connectivity index (χ2n) is 10.5. The molecule has 2 aromatic heterocycles. The van der Waals surface area contributed by atoms with E-state index in [4.69, 9.17) is 0 Å². The summed E-state index contributed by atoms with van der Waals surface area (Å²) in [5.74, 6) is 0.275. The Morgan fingerprint density at radius 2 is 1.57 bits per heavy atom. The first kappa shape index (κ1) is 21.2. The zero-order valence-electron chi connectivity index (χ0n) is 24.5. The standard InChI is InChI=1S/C33H35N4/c1-21(2)27-18-26(24-10-8-7-9-11-24)19-28(22(3)4)32(27)37-17-16-35(6)33(37)30-23(5)12-13-25-20-29-34-14-15-36(29)31(25)30/h7-19,21-22H,20H2,1-6H3/q+1/i21D,22D. The summed E-state index contributed by atoms with van der Waals surface area (Å²) in [6.07, 6.45) is 8.88. The van der Waals surface area contributed by atoms with Crippen LogP contribution in [0.25, 0.3) is 33.9 Å². The molecule has 0 fully saturated rings. The Hall–Kier alpha value is -3.92. The molecule has 0 saturated heterocycles. The zero-order valence-corrected chi connectivity index (χ0v) is 22.5. The number of rotatable bonds is 5. The van der Waals surface area contributed by atoms with Crippen LogP contribution in [0.1, 0.15) is 70.3 Å². The van der Waals surface area contributed by atoms with Crippen molar-refractivity contribution in [3.8, 4) is 33.9 Å². The van der Waals surface area contributed by atoms with Crippen molar-refractivity contribution in [2.75, 3.05) is 0 Å². The van der Waals surface area contributed by atoms with Crippen molar-refractivity contribution in [3.63, 3.8) is 0 Å². The van der Waals surface area contributed by atoms with Gasteiger partial charge in [-0.25, -0.2) is 9.55 Å². The minimum atomic E-state index is -0.897. The highest BCUT2D eigenvalue weighted by atomic mass is 15.2. The third-order valence-corrected chi connectivity index (χ3v) is 7.54. The third-order valence-electron chi connectivity index (χ3n) is 7.54. The number of fused-ring (bicyclic) bond motifs is 3. The van der Waals surface area contributed by atoms with Crippen molar-refractivity contribution in [2.45, 2.75) is 52.8 Å². The molecule has 3 heterocycles. The summed E-state index contributed by atoms with van der Waals surface area (Å²) in [6, 6.07) is 19.0. The van der Waals surface area contributed by atoms with Crippen LogP contribution in [0.5, 0.6) is 0 Å². The van der Waals surface area contributed by atoms with Gasteiger partial charge in [-0.3, -0.25) is 0 Å². The topological polar surface area (TPSA) is 26.6 Å². The van der Waals surface area contributed by atoms with E-state index in [1.807, 2.05) is 58.3 Å². The molecule has 6 rings (SSSR count). The normalized spacial score (nSPS) is 13.8. The van der Waals surface area contributed by atoms with Gasteiger partial charge in [-0.15, -0.1) is 0 Å². The van der Waals surface area contributed by atoms with E-state index in [0.717, 1.165) is 57.3 Å². The van der Waals surface area contributed by atoms with E-state index in [1.165, 1.54) is 11.1 Å². The van der Waals surface area contributed by atoms with Gasteiger partial charge in [0.15, 0.2) is 0 Å². The Bertz CT molecular complexity index is 1680. The lowest BCUT2D eigenvalue weighted by Gasteiger charge is -2.21. The molecule has 0 unspecified atom stereocenters. The van der Waals surface area contributed by atoms with Crippen molar-refractivity contribution in [1.82, 2.24) is 14.1 Å². The van der Waals surface area contributed by atoms with Crippen molar-refractivity contribution in [1.29, 1.82) is 0 Å². The molecule has 0 aliphatic carbocycles. The van der Waals surface area contributed by atoms with Crippen molar-refractivity contribution < 1.29 is 7.31 Å². The summed E-state index contributed by atoms with van der Waals surface area (Å²) in [7, 11) is 2.07. The molecule has 0 N–H and O–H groups in total. The molecule has 0 atom stereocenters. The first-order valence-electron chi connectivity index (χ1n) is 13.9. The Morgan fingerprint density at radius 1 is 0.865 bits per heavy atom. The van der Waals surface area contributed by atoms with Crippen LogP contribution in [-0.2, 0) is 13.5 Å². The Morgan fingerprint density at radius 3 is 2.24 bits per heavy atom. The second-order valence-corrected chi connectivity index (χ2v) is 10.5. The molecule has 1 aliphatic heterocycles. The van der Waals surface area contributed by atoms with Crippen LogP contribution in [0.3, 0.4) is 0 Å². The molecule has 37 heavy (non-hydrogen) atoms. The molecule has 0 bridgehead atoms. The van der Waals surface area contributed by atoms with Crippen molar-refractivity contribution in [2.24, 2.45) is 7.05 Å². The van der Waals surface area contributed by atoms with E-state index in [-0.39, 0.29) is 0 Å². The fourth-order valence-electron chi connectivity index (χ4n) is 5.68. The van der Waals surface area contributed by atoms with Gasteiger partial charge in [0.25, 0.3) is 5.82 Å². The maximum Gasteiger partial charge on any atom is 0.296 e. The summed E-state index contributed by atoms with van der Waals surface area (Å²) in [4.78, 5) is 4.60. The van der Waals surface area contributed by atoms with Gasteiger partial charge < -0.3 is 4.57 Å². The largest absolute Gasteiger partial charge is 0.302 e. The van der Waals surface area contributed by atoms with Gasteiger partial charge in [-0.2, -0.15) is 4.57 Å². The predicted octanol–water partition coefficient (Wildman–Crippen LogP) is 7.28. The van der Waals surface area contributed by atoms with E-state index < -0.39 is 11.8 Å². The highest BCUT2D eigenvalue weighted by Crippen LogP contribution is 2.41. The minimum absolute atomic E-state index is 0.807. The van der Waals surface area contributed by atoms with Gasteiger partial charge in [0.2, 0.25) is 0 Å². The lowest BCUT2D eigenvalue weighted by Crippen LogP contribution is -2.30. The molecule has 1 aliphatic rings. The minimum Gasteiger partial charge on any atom is -0.302 e. The zero-order chi connectivity index (χ0) is 27.7. The molecular weight excluding hydrogens is 452 g/mol. The molecule has 0 radical (unpaired) electrons. The molecule has 0 saturated carbocycles. The highest BCUT2D eigenvalue weighted by molar-refractivity contribution is 5.77. The van der Waals surface area contributed by atoms with Crippen LogP contribution in [0, 0.1) is 6.92 Å². The predicted molar refractivity (Wildman–Crippen MR) is 151 cm³/mol. The number of imidazole rings is 2. The number of hydrogen-bond acceptors (Lipinski definition) is 1. The summed E-state index contributed by atoms with van der Waals surface area (Å²) in [5, 5.41) is 0. The Kier molecular flexibility index (Phi) is 5.09. The van der Waals surface area contributed by atoms with Crippen LogP contribution >= 0.6 is 0 Å². The SMILES string of the molecule is [2H]C(C)(C)c1cc(-c2ccccc2)cc(C([2H])(C)C)c1-n1cc[n+](C)c1-c1c(C)ccc2c1-n1ccnc1C2. The van der Waals surface area contributed by atoms with Crippen molar-refractivity contribution >= 4 is 0 Å². The maximum absolute atomic E-state index is 9.25. The lowest BCUT2D eigenvalue weighted by molar-refractivity contribution is -0.659. The van der Waals surface area contributed by atoms with Gasteiger partial charge in [0.1, 0.15) is 23.9 Å². The smallest absolute Gasteiger partial charge is 0.296 e. The van der Waals surface area contributed by atoms with E-state index in [0.29, 0.717) is 0 Å². The average molecular weight is 490 g/mol. The number of aryl methyl sites for hydroxylation is 2. The van der Waals surface area contributed by atoms with Gasteiger partial charge in [0, 0.05) is 32.7 Å². The first-order valence-corrected chi connectivity index (χ1v) is 12.9. The Labute approximate surface area is 222 Å². The van der Waals surface area contributed by atoms with E-state index in [2.05, 4.69) is 81.4 Å². The molecule has 0 amide bonds. The number of aromatic nitrogens is 4. The quantitative estimate of drug-likeness (QED) is 0.234. The number of hydrogen-bond donors (Lipinski definition) is 0. The van der Waals surface area contributed by atoms with E-state index in [1.54, 1.807) is 0 Å². The first-order chi connectivity index (χ1) is 18.4. The summed E-state index contributed by atoms with van der Waals surface area (Å²) in [6.45, 7) is 9.91. The molecule has 4 nitrogen and oxygen atoms in total. The number of nitrogens with zero attached hydrogens (tertiary/aromatic N) is 4. The summed E-state index contributed by atoms with van der Waals surface area (Å²) < 4.78 is 25.1. The van der Waals surface area contributed by atoms with E-state index >= 15 is 0 Å². The highest BCUT2D eigenvalue weighted by Gasteiger charge is 2.32.